The van der Waals surface area contributed by atoms with Crippen molar-refractivity contribution in [2.45, 2.75) is 180 Å². The molecule has 3 unspecified atom stereocenters. The zero-order chi connectivity index (χ0) is 40.2. The zero-order valence-electron chi connectivity index (χ0n) is 35.0. The van der Waals surface area contributed by atoms with Gasteiger partial charge in [-0.3, -0.25) is 14.2 Å². The van der Waals surface area contributed by atoms with E-state index in [0.29, 0.717) is 23.9 Å². The number of aliphatic hydroxyl groups excluding tert-OH is 1. The smallest absolute Gasteiger partial charge is 0.306 e. The number of likely N-dealkylation sites (N-methyl/N-ethyl adjacent to an activating group) is 1. The van der Waals surface area contributed by atoms with E-state index in [1.54, 1.807) is 0 Å². The third-order valence-electron chi connectivity index (χ3n) is 8.99. The lowest BCUT2D eigenvalue weighted by Crippen LogP contribution is -2.37. The fourth-order valence-electron chi connectivity index (χ4n) is 5.55. The quantitative estimate of drug-likeness (QED) is 0.0162. The minimum absolute atomic E-state index is 0.0454. The van der Waals surface area contributed by atoms with Crippen LogP contribution < -0.4 is 4.89 Å². The zero-order valence-corrected chi connectivity index (χ0v) is 35.9. The van der Waals surface area contributed by atoms with E-state index in [1.807, 2.05) is 39.4 Å². The summed E-state index contributed by atoms with van der Waals surface area (Å²) in [5.41, 5.74) is 0. The molecular formula is C43H80NO9P. The lowest BCUT2D eigenvalue weighted by molar-refractivity contribution is -0.870. The molecule has 0 aromatic carbocycles. The van der Waals surface area contributed by atoms with E-state index < -0.39 is 32.5 Å². The number of quaternary nitrogens is 1. The summed E-state index contributed by atoms with van der Waals surface area (Å²) < 4.78 is 33.8. The number of unbranched alkanes of at least 4 members (excludes halogenated alkanes) is 17. The number of carbonyl (C=O) groups is 2. The van der Waals surface area contributed by atoms with E-state index in [-0.39, 0.29) is 32.2 Å². The van der Waals surface area contributed by atoms with Crippen LogP contribution in [0.15, 0.2) is 36.5 Å². The van der Waals surface area contributed by atoms with E-state index in [9.17, 15) is 24.2 Å². The summed E-state index contributed by atoms with van der Waals surface area (Å²) in [6.07, 6.45) is 34.9. The second-order valence-electron chi connectivity index (χ2n) is 15.5. The van der Waals surface area contributed by atoms with Gasteiger partial charge in [-0.25, -0.2) is 0 Å². The van der Waals surface area contributed by atoms with Gasteiger partial charge < -0.3 is 33.0 Å². The number of hydrogen-bond donors (Lipinski definition) is 1. The second kappa shape index (κ2) is 35.6. The van der Waals surface area contributed by atoms with Gasteiger partial charge in [0, 0.05) is 12.8 Å². The molecule has 0 rings (SSSR count). The van der Waals surface area contributed by atoms with Gasteiger partial charge in [0.25, 0.3) is 7.82 Å². The first-order valence-electron chi connectivity index (χ1n) is 21.3. The lowest BCUT2D eigenvalue weighted by Gasteiger charge is -2.28. The van der Waals surface area contributed by atoms with Crippen molar-refractivity contribution in [3.63, 3.8) is 0 Å². The number of hydrogen-bond acceptors (Lipinski definition) is 9. The molecule has 0 aliphatic heterocycles. The van der Waals surface area contributed by atoms with Gasteiger partial charge in [-0.05, 0) is 57.8 Å². The van der Waals surface area contributed by atoms with Crippen molar-refractivity contribution in [1.29, 1.82) is 0 Å². The molecule has 0 aromatic heterocycles. The van der Waals surface area contributed by atoms with Crippen LogP contribution in [0.1, 0.15) is 168 Å². The molecule has 0 amide bonds. The first-order chi connectivity index (χ1) is 25.9. The van der Waals surface area contributed by atoms with Crippen LogP contribution in [-0.2, 0) is 32.7 Å². The Hall–Kier alpha value is -1.81. The minimum atomic E-state index is -4.64. The topological polar surface area (TPSA) is 131 Å². The van der Waals surface area contributed by atoms with Crippen LogP contribution in [0.4, 0.5) is 0 Å². The Morgan fingerprint density at radius 3 is 1.78 bits per heavy atom. The highest BCUT2D eigenvalue weighted by Gasteiger charge is 2.21. The van der Waals surface area contributed by atoms with E-state index in [2.05, 4.69) is 32.1 Å². The molecule has 10 nitrogen and oxygen atoms in total. The fraction of sp³-hybridized carbons (Fsp3) is 0.814. The van der Waals surface area contributed by atoms with Gasteiger partial charge in [-0.2, -0.15) is 0 Å². The Labute approximate surface area is 330 Å². The van der Waals surface area contributed by atoms with Crippen LogP contribution in [0.5, 0.6) is 0 Å². The molecular weight excluding hydrogens is 705 g/mol. The molecule has 0 bridgehead atoms. The SMILES string of the molecule is CCCCCCC/C=C\CCCCCCCC(=O)OCC(COP(=O)([O-])OCC[N+](C)(C)C)OC(=O)CCCCCCC/C=C\C=C\C(O)CCCCC. The highest BCUT2D eigenvalue weighted by Crippen LogP contribution is 2.38. The van der Waals surface area contributed by atoms with Gasteiger partial charge in [0.1, 0.15) is 19.8 Å². The predicted molar refractivity (Wildman–Crippen MR) is 219 cm³/mol. The molecule has 316 valence electrons. The first kappa shape index (κ1) is 52.2. The molecule has 11 heteroatoms. The Morgan fingerprint density at radius 2 is 1.19 bits per heavy atom. The maximum Gasteiger partial charge on any atom is 0.306 e. The van der Waals surface area contributed by atoms with Crippen LogP contribution in [0, 0.1) is 0 Å². The molecule has 0 saturated heterocycles. The largest absolute Gasteiger partial charge is 0.756 e. The molecule has 0 aliphatic rings. The van der Waals surface area contributed by atoms with Gasteiger partial charge in [-0.15, -0.1) is 0 Å². The first-order valence-corrected chi connectivity index (χ1v) is 22.8. The van der Waals surface area contributed by atoms with E-state index in [0.717, 1.165) is 89.9 Å². The van der Waals surface area contributed by atoms with Crippen molar-refractivity contribution in [1.82, 2.24) is 0 Å². The number of allylic oxidation sites excluding steroid dienone is 5. The van der Waals surface area contributed by atoms with Crippen LogP contribution in [0.3, 0.4) is 0 Å². The molecule has 1 N–H and O–H groups in total. The van der Waals surface area contributed by atoms with Crippen LogP contribution in [0.2, 0.25) is 0 Å². The van der Waals surface area contributed by atoms with Crippen molar-refractivity contribution in [2.75, 3.05) is 47.5 Å². The molecule has 0 aromatic rings. The van der Waals surface area contributed by atoms with Gasteiger partial charge >= 0.3 is 11.9 Å². The number of phosphoric acid groups is 1. The number of nitrogens with zero attached hydrogens (tertiary/aromatic N) is 1. The molecule has 0 heterocycles. The number of ether oxygens (including phenoxy) is 2. The monoisotopic (exact) mass is 786 g/mol. The number of rotatable bonds is 38. The molecule has 3 atom stereocenters. The van der Waals surface area contributed by atoms with Crippen molar-refractivity contribution < 1.29 is 47.2 Å². The average Bonchev–Trinajstić information content (AvgIpc) is 3.11. The van der Waals surface area contributed by atoms with Crippen molar-refractivity contribution in [2.24, 2.45) is 0 Å². The van der Waals surface area contributed by atoms with Gasteiger partial charge in [0.15, 0.2) is 6.10 Å². The maximum atomic E-state index is 12.6. The summed E-state index contributed by atoms with van der Waals surface area (Å²) in [5, 5.41) is 9.93. The molecule has 0 fully saturated rings. The second-order valence-corrected chi connectivity index (χ2v) is 17.0. The summed E-state index contributed by atoms with van der Waals surface area (Å²) in [6, 6.07) is 0. The van der Waals surface area contributed by atoms with Crippen molar-refractivity contribution in [3.05, 3.63) is 36.5 Å². The molecule has 0 radical (unpaired) electrons. The highest BCUT2D eigenvalue weighted by atomic mass is 31.2. The normalized spacial score (nSPS) is 14.6. The molecule has 54 heavy (non-hydrogen) atoms. The summed E-state index contributed by atoms with van der Waals surface area (Å²) in [4.78, 5) is 37.5. The van der Waals surface area contributed by atoms with E-state index >= 15 is 0 Å². The number of phosphoric ester groups is 1. The number of aliphatic hydroxyl groups is 1. The predicted octanol–water partition coefficient (Wildman–Crippen LogP) is 10.1. The Balaban J connectivity index is 4.47. The highest BCUT2D eigenvalue weighted by molar-refractivity contribution is 7.45. The summed E-state index contributed by atoms with van der Waals surface area (Å²) in [7, 11) is 1.11. The fourth-order valence-corrected chi connectivity index (χ4v) is 6.28. The Morgan fingerprint density at radius 1 is 0.667 bits per heavy atom. The standard InChI is InChI=1S/C43H80NO9P/c1-6-8-10-11-12-13-14-15-16-17-20-23-26-30-34-42(46)50-38-41(39-52-54(48,49)51-37-36-44(3,4)5)53-43(47)35-31-27-24-21-18-19-22-25-29-33-40(45)32-28-9-7-2/h14-15,22,25,29,33,40-41,45H,6-13,16-21,23-24,26-28,30-32,34-39H2,1-5H3/b15-14-,25-22-,33-29+. The van der Waals surface area contributed by atoms with Crippen LogP contribution in [-0.4, -0.2) is 81.2 Å². The van der Waals surface area contributed by atoms with Crippen molar-refractivity contribution in [3.8, 4) is 0 Å². The van der Waals surface area contributed by atoms with Crippen molar-refractivity contribution >= 4 is 19.8 Å². The van der Waals surface area contributed by atoms with Gasteiger partial charge in [-0.1, -0.05) is 134 Å². The summed E-state index contributed by atoms with van der Waals surface area (Å²) in [6.45, 7) is 4.03. The van der Waals surface area contributed by atoms with Crippen LogP contribution in [0.25, 0.3) is 0 Å². The Bertz CT molecular complexity index is 1040. The Kier molecular flexibility index (Phi) is 34.4. The van der Waals surface area contributed by atoms with Crippen LogP contribution >= 0.6 is 7.82 Å². The summed E-state index contributed by atoms with van der Waals surface area (Å²) >= 11 is 0. The lowest BCUT2D eigenvalue weighted by atomic mass is 10.1. The third kappa shape index (κ3) is 38.5. The maximum absolute atomic E-state index is 12.6. The minimum Gasteiger partial charge on any atom is -0.756 e. The average molecular weight is 786 g/mol. The van der Waals surface area contributed by atoms with E-state index in [4.69, 9.17) is 18.5 Å². The molecule has 0 aliphatic carbocycles. The van der Waals surface area contributed by atoms with Gasteiger partial charge in [0.2, 0.25) is 0 Å². The summed E-state index contributed by atoms with van der Waals surface area (Å²) in [5.74, 6) is -0.895. The van der Waals surface area contributed by atoms with Gasteiger partial charge in [0.05, 0.1) is 33.9 Å². The molecule has 0 saturated carbocycles. The van der Waals surface area contributed by atoms with E-state index in [1.165, 1.54) is 38.5 Å². The third-order valence-corrected chi connectivity index (χ3v) is 9.95. The molecule has 0 spiro atoms. The number of esters is 2. The number of carbonyl (C=O) groups excluding carboxylic acids is 2.